The van der Waals surface area contributed by atoms with E-state index in [1.807, 2.05) is 38.1 Å². The average molecular weight is 354 g/mol. The van der Waals surface area contributed by atoms with Gasteiger partial charge in [0.2, 0.25) is 5.91 Å². The number of thioether (sulfide) groups is 1. The van der Waals surface area contributed by atoms with Gasteiger partial charge in [-0.2, -0.15) is 0 Å². The van der Waals surface area contributed by atoms with Crippen LogP contribution in [0, 0.1) is 13.8 Å². The molecule has 22 heavy (non-hydrogen) atoms. The number of benzene rings is 2. The van der Waals surface area contributed by atoms with Gasteiger partial charge in [-0.1, -0.05) is 35.3 Å². The minimum Gasteiger partial charge on any atom is -0.325 e. The predicted octanol–water partition coefficient (Wildman–Crippen LogP) is 5.48. The molecule has 0 aromatic heterocycles. The van der Waals surface area contributed by atoms with Crippen molar-refractivity contribution in [1.82, 2.24) is 0 Å². The Hall–Kier alpha value is -1.16. The van der Waals surface area contributed by atoms with Crippen molar-refractivity contribution < 1.29 is 4.79 Å². The minimum atomic E-state index is -0.00457. The predicted molar refractivity (Wildman–Crippen MR) is 97.2 cm³/mol. The molecule has 2 aromatic rings. The van der Waals surface area contributed by atoms with Crippen molar-refractivity contribution in [3.05, 3.63) is 63.1 Å². The molecule has 1 N–H and O–H groups in total. The summed E-state index contributed by atoms with van der Waals surface area (Å²) in [5, 5.41) is 4.01. The Morgan fingerprint density at radius 2 is 1.73 bits per heavy atom. The number of anilines is 1. The normalized spacial score (nSPS) is 10.5. The number of nitrogens with one attached hydrogen (secondary N) is 1. The second kappa shape index (κ2) is 7.91. The molecule has 2 nitrogen and oxygen atoms in total. The van der Waals surface area contributed by atoms with Crippen molar-refractivity contribution in [3.8, 4) is 0 Å². The first kappa shape index (κ1) is 17.2. The number of hydrogen-bond acceptors (Lipinski definition) is 2. The molecule has 1 amide bonds. The number of carbonyl (C=O) groups excluding carboxylic acids is 1. The topological polar surface area (TPSA) is 29.1 Å². The van der Waals surface area contributed by atoms with Crippen LogP contribution in [0.2, 0.25) is 10.0 Å². The van der Waals surface area contributed by atoms with Gasteiger partial charge in [-0.3, -0.25) is 4.79 Å². The zero-order valence-corrected chi connectivity index (χ0v) is 14.8. The number of aryl methyl sites for hydroxylation is 2. The van der Waals surface area contributed by atoms with Crippen LogP contribution >= 0.6 is 35.0 Å². The highest BCUT2D eigenvalue weighted by Crippen LogP contribution is 2.24. The third kappa shape index (κ3) is 5.24. The van der Waals surface area contributed by atoms with Crippen molar-refractivity contribution in [2.45, 2.75) is 19.6 Å². The molecule has 0 bridgehead atoms. The summed E-state index contributed by atoms with van der Waals surface area (Å²) in [6.45, 7) is 4.03. The van der Waals surface area contributed by atoms with E-state index in [9.17, 15) is 4.79 Å². The summed E-state index contributed by atoms with van der Waals surface area (Å²) in [6, 6.07) is 11.5. The minimum absolute atomic E-state index is 0.00457. The van der Waals surface area contributed by atoms with E-state index in [1.165, 1.54) is 0 Å². The molecule has 0 saturated carbocycles. The van der Waals surface area contributed by atoms with Crippen LogP contribution in [0.3, 0.4) is 0 Å². The van der Waals surface area contributed by atoms with E-state index in [1.54, 1.807) is 17.8 Å². The molecular formula is C17H17Cl2NOS. The maximum absolute atomic E-state index is 12.0. The van der Waals surface area contributed by atoms with Gasteiger partial charge in [-0.15, -0.1) is 11.8 Å². The van der Waals surface area contributed by atoms with Gasteiger partial charge in [0.25, 0.3) is 0 Å². The molecule has 0 fully saturated rings. The maximum Gasteiger partial charge on any atom is 0.234 e. The smallest absolute Gasteiger partial charge is 0.234 e. The van der Waals surface area contributed by atoms with Crippen molar-refractivity contribution in [2.24, 2.45) is 0 Å². The zero-order chi connectivity index (χ0) is 16.1. The summed E-state index contributed by atoms with van der Waals surface area (Å²) in [5.74, 6) is 1.11. The summed E-state index contributed by atoms with van der Waals surface area (Å²) >= 11 is 13.4. The lowest BCUT2D eigenvalue weighted by Gasteiger charge is -2.08. The first-order chi connectivity index (χ1) is 10.4. The summed E-state index contributed by atoms with van der Waals surface area (Å²) in [7, 11) is 0. The van der Waals surface area contributed by atoms with Crippen LogP contribution in [-0.4, -0.2) is 11.7 Å². The number of rotatable bonds is 5. The van der Waals surface area contributed by atoms with Crippen LogP contribution in [-0.2, 0) is 10.5 Å². The molecule has 0 aliphatic carbocycles. The molecule has 0 aliphatic heterocycles. The highest BCUT2D eigenvalue weighted by Gasteiger charge is 2.05. The summed E-state index contributed by atoms with van der Waals surface area (Å²) in [6.07, 6.45) is 0. The van der Waals surface area contributed by atoms with Crippen molar-refractivity contribution in [2.75, 3.05) is 11.1 Å². The molecule has 0 aliphatic rings. The molecule has 116 valence electrons. The Morgan fingerprint density at radius 3 is 2.36 bits per heavy atom. The van der Waals surface area contributed by atoms with E-state index >= 15 is 0 Å². The van der Waals surface area contributed by atoms with Gasteiger partial charge in [-0.05, 0) is 54.8 Å². The molecule has 0 unspecified atom stereocenters. The Kier molecular flexibility index (Phi) is 6.18. The van der Waals surface area contributed by atoms with Crippen LogP contribution in [0.1, 0.15) is 16.7 Å². The lowest BCUT2D eigenvalue weighted by atomic mass is 10.1. The largest absolute Gasteiger partial charge is 0.325 e. The molecular weight excluding hydrogens is 337 g/mol. The van der Waals surface area contributed by atoms with Crippen LogP contribution < -0.4 is 5.32 Å². The third-order valence-electron chi connectivity index (χ3n) is 2.99. The Balaban J connectivity index is 1.83. The van der Waals surface area contributed by atoms with Gasteiger partial charge in [0, 0.05) is 11.4 Å². The quantitative estimate of drug-likeness (QED) is 0.770. The Labute approximate surface area is 145 Å². The van der Waals surface area contributed by atoms with Gasteiger partial charge < -0.3 is 5.32 Å². The molecule has 2 aromatic carbocycles. The highest BCUT2D eigenvalue weighted by atomic mass is 35.5. The van der Waals surface area contributed by atoms with Crippen molar-refractivity contribution in [1.29, 1.82) is 0 Å². The van der Waals surface area contributed by atoms with Crippen LogP contribution in [0.15, 0.2) is 36.4 Å². The molecule has 0 saturated heterocycles. The van der Waals surface area contributed by atoms with Crippen molar-refractivity contribution in [3.63, 3.8) is 0 Å². The Morgan fingerprint density at radius 1 is 1.05 bits per heavy atom. The van der Waals surface area contributed by atoms with E-state index in [2.05, 4.69) is 11.4 Å². The lowest BCUT2D eigenvalue weighted by molar-refractivity contribution is -0.113. The van der Waals surface area contributed by atoms with Crippen LogP contribution in [0.5, 0.6) is 0 Å². The van der Waals surface area contributed by atoms with E-state index in [-0.39, 0.29) is 5.91 Å². The van der Waals surface area contributed by atoms with Gasteiger partial charge in [-0.25, -0.2) is 0 Å². The number of halogens is 2. The summed E-state index contributed by atoms with van der Waals surface area (Å²) in [4.78, 5) is 12.0. The average Bonchev–Trinajstić information content (AvgIpc) is 2.41. The lowest BCUT2D eigenvalue weighted by Crippen LogP contribution is -2.14. The second-order valence-electron chi connectivity index (χ2n) is 5.17. The monoisotopic (exact) mass is 353 g/mol. The molecule has 5 heteroatoms. The number of hydrogen-bond donors (Lipinski definition) is 1. The van der Waals surface area contributed by atoms with Crippen LogP contribution in [0.4, 0.5) is 5.69 Å². The van der Waals surface area contributed by atoms with Gasteiger partial charge in [0.15, 0.2) is 0 Å². The van der Waals surface area contributed by atoms with Gasteiger partial charge in [0.1, 0.15) is 0 Å². The molecule has 0 heterocycles. The maximum atomic E-state index is 12.0. The van der Waals surface area contributed by atoms with E-state index in [4.69, 9.17) is 23.2 Å². The number of amides is 1. The molecule has 0 spiro atoms. The highest BCUT2D eigenvalue weighted by molar-refractivity contribution is 7.99. The van der Waals surface area contributed by atoms with E-state index in [0.717, 1.165) is 28.1 Å². The first-order valence-electron chi connectivity index (χ1n) is 6.84. The standard InChI is InChI=1S/C17H17Cl2NOS/c1-11-5-12(2)7-14(6-11)20-17(21)10-22-9-13-3-4-15(18)16(19)8-13/h3-8H,9-10H2,1-2H3,(H,20,21). The summed E-state index contributed by atoms with van der Waals surface area (Å²) in [5.41, 5.74) is 4.17. The van der Waals surface area contributed by atoms with Gasteiger partial charge >= 0.3 is 0 Å². The summed E-state index contributed by atoms with van der Waals surface area (Å²) < 4.78 is 0. The fourth-order valence-electron chi connectivity index (χ4n) is 2.13. The fraction of sp³-hybridized carbons (Fsp3) is 0.235. The molecule has 0 atom stereocenters. The van der Waals surface area contributed by atoms with Gasteiger partial charge in [0.05, 0.1) is 15.8 Å². The van der Waals surface area contributed by atoms with E-state index in [0.29, 0.717) is 15.8 Å². The fourth-order valence-corrected chi connectivity index (χ4v) is 3.23. The van der Waals surface area contributed by atoms with Crippen LogP contribution in [0.25, 0.3) is 0 Å². The zero-order valence-electron chi connectivity index (χ0n) is 12.5. The molecule has 2 rings (SSSR count). The Bertz CT molecular complexity index is 668. The molecule has 0 radical (unpaired) electrons. The van der Waals surface area contributed by atoms with Crippen molar-refractivity contribution >= 4 is 46.6 Å². The third-order valence-corrected chi connectivity index (χ3v) is 4.73. The first-order valence-corrected chi connectivity index (χ1v) is 8.75. The second-order valence-corrected chi connectivity index (χ2v) is 6.97. The van der Waals surface area contributed by atoms with E-state index < -0.39 is 0 Å². The number of carbonyl (C=O) groups is 1. The SMILES string of the molecule is Cc1cc(C)cc(NC(=O)CSCc2ccc(Cl)c(Cl)c2)c1.